The molecule has 0 aliphatic carbocycles. The zero-order valence-electron chi connectivity index (χ0n) is 14.0. The fourth-order valence-corrected chi connectivity index (χ4v) is 3.44. The molecule has 26 heavy (non-hydrogen) atoms. The number of nitrogens with one attached hydrogen (secondary N) is 1. The first-order valence-electron chi connectivity index (χ1n) is 8.02. The summed E-state index contributed by atoms with van der Waals surface area (Å²) in [6, 6.07) is 7.04. The summed E-state index contributed by atoms with van der Waals surface area (Å²) in [5.41, 5.74) is 6.10. The third-order valence-corrected chi connectivity index (χ3v) is 4.73. The van der Waals surface area contributed by atoms with Gasteiger partial charge in [0.15, 0.2) is 5.13 Å². The highest BCUT2D eigenvalue weighted by Gasteiger charge is 2.34. The van der Waals surface area contributed by atoms with Crippen LogP contribution in [0, 0.1) is 0 Å². The van der Waals surface area contributed by atoms with Gasteiger partial charge in [-0.3, -0.25) is 0 Å². The highest BCUT2D eigenvalue weighted by molar-refractivity contribution is 7.18. The van der Waals surface area contributed by atoms with Crippen LogP contribution < -0.4 is 11.1 Å². The molecule has 0 saturated carbocycles. The second-order valence-electron chi connectivity index (χ2n) is 5.65. The summed E-state index contributed by atoms with van der Waals surface area (Å²) in [5.74, 6) is 0.240. The summed E-state index contributed by atoms with van der Waals surface area (Å²) in [6.45, 7) is 2.81. The van der Waals surface area contributed by atoms with Crippen LogP contribution in [-0.4, -0.2) is 16.5 Å². The van der Waals surface area contributed by atoms with Crippen molar-refractivity contribution in [2.75, 3.05) is 17.6 Å². The molecule has 136 valence electrons. The number of pyridine rings is 1. The SMILES string of the molecule is CCCNc1ncc(-c2cc(N)ncc2-c2ccccc2C(F)(F)F)s1. The molecule has 3 rings (SSSR count). The predicted octanol–water partition coefficient (Wildman–Crippen LogP) is 5.30. The first-order valence-corrected chi connectivity index (χ1v) is 8.84. The van der Waals surface area contributed by atoms with Gasteiger partial charge in [0, 0.05) is 30.1 Å². The fraction of sp³-hybridized carbons (Fsp3) is 0.222. The number of nitrogens with two attached hydrogens (primary N) is 1. The lowest BCUT2D eigenvalue weighted by Crippen LogP contribution is -2.07. The van der Waals surface area contributed by atoms with Gasteiger partial charge >= 0.3 is 6.18 Å². The van der Waals surface area contributed by atoms with Crippen LogP contribution in [0.4, 0.5) is 24.1 Å². The molecule has 0 unspecified atom stereocenters. The van der Waals surface area contributed by atoms with Gasteiger partial charge in [-0.2, -0.15) is 13.2 Å². The van der Waals surface area contributed by atoms with E-state index < -0.39 is 11.7 Å². The molecule has 0 radical (unpaired) electrons. The number of nitrogens with zero attached hydrogens (tertiary/aromatic N) is 2. The van der Waals surface area contributed by atoms with E-state index in [1.54, 1.807) is 18.3 Å². The van der Waals surface area contributed by atoms with E-state index in [2.05, 4.69) is 15.3 Å². The third kappa shape index (κ3) is 3.80. The predicted molar refractivity (Wildman–Crippen MR) is 99.0 cm³/mol. The Balaban J connectivity index is 2.12. The van der Waals surface area contributed by atoms with Crippen LogP contribution in [0.3, 0.4) is 0 Å². The second kappa shape index (κ2) is 7.33. The molecular formula is C18H17F3N4S. The van der Waals surface area contributed by atoms with Crippen molar-refractivity contribution in [2.45, 2.75) is 19.5 Å². The number of nitrogen functional groups attached to an aromatic ring is 1. The van der Waals surface area contributed by atoms with E-state index in [9.17, 15) is 13.2 Å². The number of anilines is 2. The Labute approximate surface area is 152 Å². The average Bonchev–Trinajstić information content (AvgIpc) is 3.08. The molecule has 0 spiro atoms. The van der Waals surface area contributed by atoms with E-state index >= 15 is 0 Å². The Morgan fingerprint density at radius 3 is 2.58 bits per heavy atom. The molecule has 3 aromatic rings. The quantitative estimate of drug-likeness (QED) is 0.633. The molecule has 0 amide bonds. The zero-order chi connectivity index (χ0) is 18.7. The molecule has 2 aromatic heterocycles. The van der Waals surface area contributed by atoms with Crippen LogP contribution in [0.15, 0.2) is 42.7 Å². The highest BCUT2D eigenvalue weighted by atomic mass is 32.1. The van der Waals surface area contributed by atoms with Crippen molar-refractivity contribution >= 4 is 22.3 Å². The van der Waals surface area contributed by atoms with Crippen LogP contribution in [0.1, 0.15) is 18.9 Å². The molecule has 0 fully saturated rings. The molecular weight excluding hydrogens is 361 g/mol. The smallest absolute Gasteiger partial charge is 0.384 e. The average molecular weight is 378 g/mol. The van der Waals surface area contributed by atoms with Gasteiger partial charge in [0.05, 0.1) is 10.4 Å². The normalized spacial score (nSPS) is 11.5. The molecule has 0 aliphatic rings. The molecule has 3 N–H and O–H groups in total. The van der Waals surface area contributed by atoms with Gasteiger partial charge in [-0.05, 0) is 24.1 Å². The number of alkyl halides is 3. The number of rotatable bonds is 5. The van der Waals surface area contributed by atoms with E-state index in [1.165, 1.54) is 29.7 Å². The number of hydrogen-bond donors (Lipinski definition) is 2. The molecule has 0 atom stereocenters. The maximum atomic E-state index is 13.4. The van der Waals surface area contributed by atoms with Crippen molar-refractivity contribution in [2.24, 2.45) is 0 Å². The minimum absolute atomic E-state index is 0.0685. The standard InChI is InChI=1S/C18H17F3N4S/c1-2-7-23-17-25-10-15(26-17)12-8-16(22)24-9-13(12)11-5-3-4-6-14(11)18(19,20)21/h3-6,8-10H,2,7H2,1H3,(H2,22,24)(H,23,25). The molecule has 0 saturated heterocycles. The Morgan fingerprint density at radius 2 is 1.85 bits per heavy atom. The van der Waals surface area contributed by atoms with Gasteiger partial charge < -0.3 is 11.1 Å². The van der Waals surface area contributed by atoms with E-state index in [1.807, 2.05) is 6.92 Å². The maximum absolute atomic E-state index is 13.4. The van der Waals surface area contributed by atoms with Crippen molar-refractivity contribution in [3.05, 3.63) is 48.3 Å². The van der Waals surface area contributed by atoms with Crippen molar-refractivity contribution in [3.63, 3.8) is 0 Å². The second-order valence-corrected chi connectivity index (χ2v) is 6.69. The van der Waals surface area contributed by atoms with Gasteiger partial charge in [0.1, 0.15) is 5.82 Å². The minimum Gasteiger partial charge on any atom is -0.384 e. The summed E-state index contributed by atoms with van der Waals surface area (Å²) >= 11 is 1.37. The largest absolute Gasteiger partial charge is 0.417 e. The van der Waals surface area contributed by atoms with Crippen molar-refractivity contribution in [1.29, 1.82) is 0 Å². The molecule has 2 heterocycles. The Morgan fingerprint density at radius 1 is 1.08 bits per heavy atom. The first kappa shape index (κ1) is 18.2. The monoisotopic (exact) mass is 378 g/mol. The van der Waals surface area contributed by atoms with E-state index in [0.29, 0.717) is 16.3 Å². The minimum atomic E-state index is -4.46. The molecule has 8 heteroatoms. The fourth-order valence-electron chi connectivity index (χ4n) is 2.57. The number of aromatic nitrogens is 2. The third-order valence-electron chi connectivity index (χ3n) is 3.75. The lowest BCUT2D eigenvalue weighted by atomic mass is 9.96. The van der Waals surface area contributed by atoms with E-state index in [4.69, 9.17) is 5.73 Å². The van der Waals surface area contributed by atoms with Crippen LogP contribution in [0.25, 0.3) is 21.6 Å². The number of halogens is 3. The van der Waals surface area contributed by atoms with E-state index in [-0.39, 0.29) is 11.4 Å². The summed E-state index contributed by atoms with van der Waals surface area (Å²) in [7, 11) is 0. The lowest BCUT2D eigenvalue weighted by molar-refractivity contribution is -0.137. The molecule has 0 bridgehead atoms. The summed E-state index contributed by atoms with van der Waals surface area (Å²) < 4.78 is 40.3. The zero-order valence-corrected chi connectivity index (χ0v) is 14.8. The first-order chi connectivity index (χ1) is 12.4. The van der Waals surface area contributed by atoms with Gasteiger partial charge in [-0.25, -0.2) is 9.97 Å². The molecule has 4 nitrogen and oxygen atoms in total. The maximum Gasteiger partial charge on any atom is 0.417 e. The Hall–Kier alpha value is -2.61. The topological polar surface area (TPSA) is 63.8 Å². The van der Waals surface area contributed by atoms with Crippen LogP contribution in [-0.2, 0) is 6.18 Å². The number of hydrogen-bond acceptors (Lipinski definition) is 5. The highest BCUT2D eigenvalue weighted by Crippen LogP contribution is 2.42. The molecule has 1 aromatic carbocycles. The van der Waals surface area contributed by atoms with Crippen molar-refractivity contribution in [1.82, 2.24) is 9.97 Å². The number of thiazole rings is 1. The van der Waals surface area contributed by atoms with Gasteiger partial charge in [-0.1, -0.05) is 36.5 Å². The van der Waals surface area contributed by atoms with Gasteiger partial charge in [0.25, 0.3) is 0 Å². The van der Waals surface area contributed by atoms with Crippen LogP contribution in [0.5, 0.6) is 0 Å². The van der Waals surface area contributed by atoms with Gasteiger partial charge in [0.2, 0.25) is 0 Å². The number of benzene rings is 1. The van der Waals surface area contributed by atoms with E-state index in [0.717, 1.165) is 23.9 Å². The van der Waals surface area contributed by atoms with Crippen LogP contribution in [0.2, 0.25) is 0 Å². The Kier molecular flexibility index (Phi) is 5.13. The van der Waals surface area contributed by atoms with Crippen molar-refractivity contribution < 1.29 is 13.2 Å². The van der Waals surface area contributed by atoms with Gasteiger partial charge in [-0.15, -0.1) is 0 Å². The summed E-state index contributed by atoms with van der Waals surface area (Å²) in [6.07, 6.45) is -0.497. The van der Waals surface area contributed by atoms with Crippen molar-refractivity contribution in [3.8, 4) is 21.6 Å². The Bertz CT molecular complexity index is 905. The summed E-state index contributed by atoms with van der Waals surface area (Å²) in [4.78, 5) is 9.02. The van der Waals surface area contributed by atoms with Crippen LogP contribution >= 0.6 is 11.3 Å². The summed E-state index contributed by atoms with van der Waals surface area (Å²) in [5, 5.41) is 3.89. The lowest BCUT2D eigenvalue weighted by Gasteiger charge is -2.15. The molecule has 0 aliphatic heterocycles.